The maximum Gasteiger partial charge on any atom is 0.316 e. The number of hydrogen-bond acceptors (Lipinski definition) is 4. The predicted octanol–water partition coefficient (Wildman–Crippen LogP) is 2.96. The molecular formula is C16H21N3O2. The molecule has 5 heteroatoms. The molecule has 1 aromatic carbocycles. The van der Waals surface area contributed by atoms with E-state index in [2.05, 4.69) is 24.0 Å². The van der Waals surface area contributed by atoms with Crippen LogP contribution in [0.15, 0.2) is 36.7 Å². The second kappa shape index (κ2) is 7.02. The number of benzene rings is 1. The Kier molecular flexibility index (Phi) is 5.09. The molecule has 112 valence electrons. The number of esters is 1. The van der Waals surface area contributed by atoms with Crippen LogP contribution in [0.5, 0.6) is 0 Å². The van der Waals surface area contributed by atoms with E-state index in [4.69, 9.17) is 4.74 Å². The fraction of sp³-hybridized carbons (Fsp3) is 0.438. The van der Waals surface area contributed by atoms with Gasteiger partial charge in [-0.25, -0.2) is 0 Å². The van der Waals surface area contributed by atoms with Gasteiger partial charge < -0.3 is 4.74 Å². The van der Waals surface area contributed by atoms with Gasteiger partial charge in [-0.2, -0.15) is 0 Å². The Labute approximate surface area is 125 Å². The molecule has 0 saturated heterocycles. The zero-order valence-corrected chi connectivity index (χ0v) is 12.7. The van der Waals surface area contributed by atoms with E-state index in [1.165, 1.54) is 0 Å². The van der Waals surface area contributed by atoms with E-state index in [1.807, 2.05) is 41.8 Å². The molecular weight excluding hydrogens is 266 g/mol. The lowest BCUT2D eigenvalue weighted by molar-refractivity contribution is -0.145. The number of aromatic nitrogens is 3. The summed E-state index contributed by atoms with van der Waals surface area (Å²) in [6, 6.07) is 9.77. The standard InChI is InChI=1S/C16H21N3O2/c1-4-21-16(20)14(10-12(2)3)15-18-17-11-19(15)13-8-6-5-7-9-13/h5-9,11-12,14H,4,10H2,1-3H3. The Morgan fingerprint density at radius 2 is 2.00 bits per heavy atom. The van der Waals surface area contributed by atoms with Gasteiger partial charge in [-0.1, -0.05) is 32.0 Å². The smallest absolute Gasteiger partial charge is 0.316 e. The summed E-state index contributed by atoms with van der Waals surface area (Å²) in [7, 11) is 0. The second-order valence-electron chi connectivity index (χ2n) is 5.33. The number of nitrogens with zero attached hydrogens (tertiary/aromatic N) is 3. The monoisotopic (exact) mass is 287 g/mol. The van der Waals surface area contributed by atoms with Crippen LogP contribution >= 0.6 is 0 Å². The molecule has 0 radical (unpaired) electrons. The minimum absolute atomic E-state index is 0.239. The Balaban J connectivity index is 2.37. The van der Waals surface area contributed by atoms with Crippen molar-refractivity contribution in [1.82, 2.24) is 14.8 Å². The number of rotatable bonds is 6. The first-order valence-electron chi connectivity index (χ1n) is 7.25. The highest BCUT2D eigenvalue weighted by Gasteiger charge is 2.28. The predicted molar refractivity (Wildman–Crippen MR) is 80.2 cm³/mol. The van der Waals surface area contributed by atoms with Crippen molar-refractivity contribution in [2.24, 2.45) is 5.92 Å². The van der Waals surface area contributed by atoms with Gasteiger partial charge in [-0.05, 0) is 31.4 Å². The lowest BCUT2D eigenvalue weighted by Crippen LogP contribution is -2.21. The van der Waals surface area contributed by atoms with E-state index in [0.29, 0.717) is 24.8 Å². The molecule has 0 aliphatic rings. The fourth-order valence-corrected chi connectivity index (χ4v) is 2.29. The normalized spacial score (nSPS) is 12.4. The van der Waals surface area contributed by atoms with Crippen molar-refractivity contribution >= 4 is 5.97 Å². The summed E-state index contributed by atoms with van der Waals surface area (Å²) < 4.78 is 7.05. The van der Waals surface area contributed by atoms with E-state index in [0.717, 1.165) is 5.69 Å². The first kappa shape index (κ1) is 15.2. The van der Waals surface area contributed by atoms with Crippen molar-refractivity contribution in [2.45, 2.75) is 33.1 Å². The Hall–Kier alpha value is -2.17. The van der Waals surface area contributed by atoms with Gasteiger partial charge in [0, 0.05) is 5.69 Å². The molecule has 1 heterocycles. The van der Waals surface area contributed by atoms with Crippen LogP contribution in [0.4, 0.5) is 0 Å². The molecule has 1 atom stereocenters. The lowest BCUT2D eigenvalue weighted by Gasteiger charge is -2.17. The van der Waals surface area contributed by atoms with Gasteiger partial charge in [0.2, 0.25) is 0 Å². The van der Waals surface area contributed by atoms with Crippen molar-refractivity contribution in [1.29, 1.82) is 0 Å². The average Bonchev–Trinajstić information content (AvgIpc) is 2.95. The highest BCUT2D eigenvalue weighted by Crippen LogP contribution is 2.25. The molecule has 0 N–H and O–H groups in total. The summed E-state index contributed by atoms with van der Waals surface area (Å²) in [5.74, 6) is 0.359. The van der Waals surface area contributed by atoms with Crippen LogP contribution in [-0.2, 0) is 9.53 Å². The number of carbonyl (C=O) groups is 1. The summed E-state index contributed by atoms with van der Waals surface area (Å²) in [4.78, 5) is 12.3. The average molecular weight is 287 g/mol. The molecule has 2 aromatic rings. The molecule has 5 nitrogen and oxygen atoms in total. The van der Waals surface area contributed by atoms with Gasteiger partial charge in [-0.15, -0.1) is 10.2 Å². The van der Waals surface area contributed by atoms with Crippen LogP contribution < -0.4 is 0 Å². The third kappa shape index (κ3) is 3.68. The zero-order valence-electron chi connectivity index (χ0n) is 12.7. The van der Waals surface area contributed by atoms with E-state index in [9.17, 15) is 4.79 Å². The summed E-state index contributed by atoms with van der Waals surface area (Å²) >= 11 is 0. The number of ether oxygens (including phenoxy) is 1. The molecule has 0 fully saturated rings. The molecule has 0 amide bonds. The van der Waals surface area contributed by atoms with Crippen LogP contribution in [-0.4, -0.2) is 27.3 Å². The van der Waals surface area contributed by atoms with Crippen molar-refractivity contribution in [3.63, 3.8) is 0 Å². The Morgan fingerprint density at radius 1 is 1.29 bits per heavy atom. The maximum absolute atomic E-state index is 12.3. The zero-order chi connectivity index (χ0) is 15.2. The van der Waals surface area contributed by atoms with Crippen LogP contribution in [0.25, 0.3) is 5.69 Å². The van der Waals surface area contributed by atoms with Gasteiger partial charge in [0.05, 0.1) is 6.61 Å². The number of para-hydroxylation sites is 1. The Bertz CT molecular complexity index is 578. The first-order valence-corrected chi connectivity index (χ1v) is 7.25. The molecule has 0 aliphatic carbocycles. The van der Waals surface area contributed by atoms with E-state index in [-0.39, 0.29) is 5.97 Å². The molecule has 0 aliphatic heterocycles. The second-order valence-corrected chi connectivity index (χ2v) is 5.33. The summed E-state index contributed by atoms with van der Waals surface area (Å²) in [5, 5.41) is 8.14. The number of carbonyl (C=O) groups excluding carboxylic acids is 1. The van der Waals surface area contributed by atoms with Gasteiger partial charge in [0.1, 0.15) is 12.2 Å². The summed E-state index contributed by atoms with van der Waals surface area (Å²) in [6.45, 7) is 6.34. The van der Waals surface area contributed by atoms with Crippen LogP contribution in [0, 0.1) is 5.92 Å². The van der Waals surface area contributed by atoms with Gasteiger partial charge in [-0.3, -0.25) is 9.36 Å². The lowest BCUT2D eigenvalue weighted by atomic mass is 9.96. The molecule has 0 bridgehead atoms. The number of hydrogen-bond donors (Lipinski definition) is 0. The molecule has 2 rings (SSSR count). The minimum atomic E-state index is -0.396. The van der Waals surface area contributed by atoms with E-state index in [1.54, 1.807) is 6.33 Å². The first-order chi connectivity index (χ1) is 10.1. The van der Waals surface area contributed by atoms with Crippen molar-refractivity contribution in [3.8, 4) is 5.69 Å². The summed E-state index contributed by atoms with van der Waals surface area (Å²) in [6.07, 6.45) is 2.32. The van der Waals surface area contributed by atoms with E-state index < -0.39 is 5.92 Å². The van der Waals surface area contributed by atoms with Crippen molar-refractivity contribution < 1.29 is 9.53 Å². The molecule has 1 unspecified atom stereocenters. The third-order valence-electron chi connectivity index (χ3n) is 3.20. The molecule has 1 aromatic heterocycles. The molecule has 0 spiro atoms. The summed E-state index contributed by atoms with van der Waals surface area (Å²) in [5.41, 5.74) is 0.940. The Morgan fingerprint density at radius 3 is 2.62 bits per heavy atom. The highest BCUT2D eigenvalue weighted by molar-refractivity contribution is 5.77. The quantitative estimate of drug-likeness (QED) is 0.766. The van der Waals surface area contributed by atoms with Crippen LogP contribution in [0.1, 0.15) is 38.9 Å². The minimum Gasteiger partial charge on any atom is -0.465 e. The van der Waals surface area contributed by atoms with Crippen molar-refractivity contribution in [2.75, 3.05) is 6.61 Å². The third-order valence-corrected chi connectivity index (χ3v) is 3.20. The largest absolute Gasteiger partial charge is 0.465 e. The fourth-order valence-electron chi connectivity index (χ4n) is 2.29. The van der Waals surface area contributed by atoms with Gasteiger partial charge in [0.25, 0.3) is 0 Å². The van der Waals surface area contributed by atoms with Crippen molar-refractivity contribution in [3.05, 3.63) is 42.5 Å². The SMILES string of the molecule is CCOC(=O)C(CC(C)C)c1nncn1-c1ccccc1. The molecule has 21 heavy (non-hydrogen) atoms. The van der Waals surface area contributed by atoms with Gasteiger partial charge >= 0.3 is 5.97 Å². The van der Waals surface area contributed by atoms with E-state index >= 15 is 0 Å². The maximum atomic E-state index is 12.3. The van der Waals surface area contributed by atoms with Gasteiger partial charge in [0.15, 0.2) is 5.82 Å². The highest BCUT2D eigenvalue weighted by atomic mass is 16.5. The van der Waals surface area contributed by atoms with Crippen LogP contribution in [0.3, 0.4) is 0 Å². The topological polar surface area (TPSA) is 57.0 Å². The van der Waals surface area contributed by atoms with Crippen LogP contribution in [0.2, 0.25) is 0 Å². The molecule has 0 saturated carbocycles.